The second-order valence-electron chi connectivity index (χ2n) is 16.4. The molecule has 0 spiro atoms. The van der Waals surface area contributed by atoms with Crippen molar-refractivity contribution in [3.05, 3.63) is 83.8 Å². The highest BCUT2D eigenvalue weighted by atomic mass is 35.5. The summed E-state index contributed by atoms with van der Waals surface area (Å²) in [6.07, 6.45) is 9.17. The van der Waals surface area contributed by atoms with Crippen molar-refractivity contribution in [2.24, 2.45) is 0 Å². The van der Waals surface area contributed by atoms with Gasteiger partial charge in [-0.15, -0.1) is 8.78 Å². The van der Waals surface area contributed by atoms with Gasteiger partial charge in [0, 0.05) is 98.2 Å². The lowest BCUT2D eigenvalue weighted by atomic mass is 9.97. The molecule has 5 aliphatic heterocycles. The van der Waals surface area contributed by atoms with Gasteiger partial charge in [-0.2, -0.15) is 5.10 Å². The van der Waals surface area contributed by atoms with Crippen LogP contribution in [-0.2, 0) is 9.59 Å². The third kappa shape index (κ3) is 8.45. The summed E-state index contributed by atoms with van der Waals surface area (Å²) < 4.78 is 32.4. The van der Waals surface area contributed by atoms with Gasteiger partial charge in [-0.1, -0.05) is 0 Å². The molecule has 4 saturated heterocycles. The number of aliphatic hydroxyl groups excluding tert-OH is 1. The first-order chi connectivity index (χ1) is 29.8. The van der Waals surface area contributed by atoms with Crippen LogP contribution in [0.25, 0.3) is 11.1 Å². The number of amides is 5. The number of hydrogen-bond acceptors (Lipinski definition) is 12. The molecule has 62 heavy (non-hydrogen) atoms. The first kappa shape index (κ1) is 41.4. The van der Waals surface area contributed by atoms with Gasteiger partial charge < -0.3 is 29.9 Å². The van der Waals surface area contributed by atoms with Crippen molar-refractivity contribution >= 4 is 58.3 Å². The van der Waals surface area contributed by atoms with E-state index in [4.69, 9.17) is 16.7 Å². The number of aromatic nitrogens is 3. The second kappa shape index (κ2) is 16.7. The zero-order valence-electron chi connectivity index (χ0n) is 33.5. The SMILES string of the molecule is O=C1CCC(N2C(=O)c3ccc(N4CCC(N5CCC(n6cc(-c7cc(C(=O)Nc8ccc(OC(F)(F)Cl)cc8)cnc7N7CC[C@@H](O)C7)cn6)CC5)CC4)cc3C2=O)C(=O)N1. The molecule has 324 valence electrons. The van der Waals surface area contributed by atoms with Crippen LogP contribution in [0, 0.1) is 0 Å². The molecule has 5 amide bonds. The highest BCUT2D eigenvalue weighted by molar-refractivity contribution is 6.24. The van der Waals surface area contributed by atoms with E-state index in [0.29, 0.717) is 42.6 Å². The van der Waals surface area contributed by atoms with E-state index in [1.165, 1.54) is 30.5 Å². The minimum Gasteiger partial charge on any atom is -0.420 e. The molecular formula is C43H44ClF2N9O7. The van der Waals surface area contributed by atoms with Crippen molar-refractivity contribution in [1.82, 2.24) is 29.9 Å². The normalized spacial score (nSPS) is 21.7. The van der Waals surface area contributed by atoms with Gasteiger partial charge in [-0.3, -0.25) is 38.9 Å². The number of ether oxygens (including phenoxy) is 1. The summed E-state index contributed by atoms with van der Waals surface area (Å²) in [4.78, 5) is 76.5. The van der Waals surface area contributed by atoms with Gasteiger partial charge in [0.2, 0.25) is 11.8 Å². The summed E-state index contributed by atoms with van der Waals surface area (Å²) in [7, 11) is 0. The number of piperidine rings is 3. The van der Waals surface area contributed by atoms with E-state index in [2.05, 4.69) is 30.2 Å². The van der Waals surface area contributed by atoms with Crippen molar-refractivity contribution < 1.29 is 42.6 Å². The predicted octanol–water partition coefficient (Wildman–Crippen LogP) is 4.64. The summed E-state index contributed by atoms with van der Waals surface area (Å²) in [5.74, 6) is -2.05. The summed E-state index contributed by atoms with van der Waals surface area (Å²) in [5, 5.41) is 20.1. The van der Waals surface area contributed by atoms with Crippen LogP contribution >= 0.6 is 11.6 Å². The van der Waals surface area contributed by atoms with E-state index >= 15 is 0 Å². The van der Waals surface area contributed by atoms with E-state index in [-0.39, 0.29) is 41.3 Å². The molecule has 0 radical (unpaired) electrons. The Morgan fingerprint density at radius 3 is 2.24 bits per heavy atom. The zero-order valence-corrected chi connectivity index (χ0v) is 34.3. The first-order valence-corrected chi connectivity index (χ1v) is 21.1. The Balaban J connectivity index is 0.819. The van der Waals surface area contributed by atoms with Crippen LogP contribution in [0.3, 0.4) is 0 Å². The third-order valence-corrected chi connectivity index (χ3v) is 12.6. The minimum absolute atomic E-state index is 0.0694. The standard InChI is InChI=1S/C43H44ClF2N9O7/c44-43(45,46)62-32-4-1-27(2-5-32)49-39(58)25-19-34(38(47-21-25)53-18-13-31(56)24-53)26-22-48-54(23-26)29-11-16-51(17-12-29)28-9-14-52(15-10-28)30-3-6-33-35(20-30)42(61)55(41(33)60)36-7-8-37(57)50-40(36)59/h1-6,19-23,28-29,31,36,56H,7-18,24H2,(H,49,58)(H,50,57,59)/t31-,36?/m1/s1. The molecule has 2 aromatic carbocycles. The summed E-state index contributed by atoms with van der Waals surface area (Å²) in [6.45, 7) is 4.37. The third-order valence-electron chi connectivity index (χ3n) is 12.5. The van der Waals surface area contributed by atoms with Gasteiger partial charge in [0.05, 0.1) is 35.0 Å². The van der Waals surface area contributed by atoms with Crippen LogP contribution in [-0.4, -0.2) is 122 Å². The molecule has 4 aromatic rings. The topological polar surface area (TPSA) is 183 Å². The average Bonchev–Trinajstić information content (AvgIpc) is 3.99. The zero-order chi connectivity index (χ0) is 43.3. The molecule has 2 aromatic heterocycles. The Hall–Kier alpha value is -5.98. The maximum Gasteiger partial charge on any atom is 0.487 e. The van der Waals surface area contributed by atoms with Crippen molar-refractivity contribution in [2.45, 2.75) is 74.7 Å². The number of benzene rings is 2. The van der Waals surface area contributed by atoms with Gasteiger partial charge in [0.15, 0.2) is 0 Å². The number of alkyl halides is 3. The number of halogens is 3. The summed E-state index contributed by atoms with van der Waals surface area (Å²) in [5.41, 5.74) is -0.348. The Morgan fingerprint density at radius 1 is 0.839 bits per heavy atom. The van der Waals surface area contributed by atoms with E-state index in [1.54, 1.807) is 24.4 Å². The van der Waals surface area contributed by atoms with Gasteiger partial charge in [-0.25, -0.2) is 4.98 Å². The van der Waals surface area contributed by atoms with Crippen LogP contribution in [0.5, 0.6) is 5.75 Å². The fourth-order valence-corrected chi connectivity index (χ4v) is 9.35. The Kier molecular flexibility index (Phi) is 11.2. The van der Waals surface area contributed by atoms with Crippen LogP contribution in [0.15, 0.2) is 67.1 Å². The largest absolute Gasteiger partial charge is 0.487 e. The number of carbonyl (C=O) groups is 5. The number of likely N-dealkylation sites (tertiary alicyclic amines) is 1. The molecule has 16 nitrogen and oxygen atoms in total. The maximum absolute atomic E-state index is 13.4. The quantitative estimate of drug-likeness (QED) is 0.149. The van der Waals surface area contributed by atoms with Crippen molar-refractivity contribution in [1.29, 1.82) is 0 Å². The fourth-order valence-electron chi connectivity index (χ4n) is 9.26. The van der Waals surface area contributed by atoms with Crippen LogP contribution < -0.4 is 25.2 Å². The number of nitrogens with one attached hydrogen (secondary N) is 2. The van der Waals surface area contributed by atoms with E-state index < -0.39 is 47.2 Å². The van der Waals surface area contributed by atoms with Crippen molar-refractivity contribution in [2.75, 3.05) is 54.4 Å². The molecular weight excluding hydrogens is 828 g/mol. The predicted molar refractivity (Wildman–Crippen MR) is 222 cm³/mol. The van der Waals surface area contributed by atoms with Gasteiger partial charge in [-0.05, 0) is 87.1 Å². The number of anilines is 3. The lowest BCUT2D eigenvalue weighted by molar-refractivity contribution is -0.136. The van der Waals surface area contributed by atoms with E-state index in [1.807, 2.05) is 21.8 Å². The molecule has 9 rings (SSSR count). The maximum atomic E-state index is 13.4. The number of nitrogens with zero attached hydrogens (tertiary/aromatic N) is 7. The Labute approximate surface area is 359 Å². The molecule has 0 saturated carbocycles. The van der Waals surface area contributed by atoms with Crippen LogP contribution in [0.4, 0.5) is 26.0 Å². The summed E-state index contributed by atoms with van der Waals surface area (Å²) >= 11 is 4.86. The molecule has 1 unspecified atom stereocenters. The molecule has 4 fully saturated rings. The lowest BCUT2D eigenvalue weighted by Gasteiger charge is -2.42. The highest BCUT2D eigenvalue weighted by Crippen LogP contribution is 2.36. The second-order valence-corrected chi connectivity index (χ2v) is 16.8. The Bertz CT molecular complexity index is 2410. The van der Waals surface area contributed by atoms with Crippen LogP contribution in [0.2, 0.25) is 0 Å². The first-order valence-electron chi connectivity index (χ1n) is 20.8. The number of aliphatic hydroxyl groups is 1. The van der Waals surface area contributed by atoms with Crippen molar-refractivity contribution in [3.63, 3.8) is 0 Å². The average molecular weight is 872 g/mol. The van der Waals surface area contributed by atoms with Gasteiger partial charge in [0.25, 0.3) is 17.7 Å². The molecule has 5 aliphatic rings. The Morgan fingerprint density at radius 2 is 1.55 bits per heavy atom. The molecule has 19 heteroatoms. The van der Waals surface area contributed by atoms with E-state index in [9.17, 15) is 37.9 Å². The minimum atomic E-state index is -3.86. The van der Waals surface area contributed by atoms with Crippen LogP contribution in [0.1, 0.15) is 82.1 Å². The lowest BCUT2D eigenvalue weighted by Crippen LogP contribution is -2.54. The fraction of sp³-hybridized carbons (Fsp3) is 0.419. The summed E-state index contributed by atoms with van der Waals surface area (Å²) in [6, 6.07) is 12.0. The monoisotopic (exact) mass is 871 g/mol. The van der Waals surface area contributed by atoms with Gasteiger partial charge in [0.1, 0.15) is 17.6 Å². The molecule has 3 N–H and O–H groups in total. The molecule has 0 bridgehead atoms. The van der Waals surface area contributed by atoms with E-state index in [0.717, 1.165) is 68.0 Å². The number of carbonyl (C=O) groups excluding carboxylic acids is 5. The number of fused-ring (bicyclic) bond motifs is 1. The number of rotatable bonds is 10. The van der Waals surface area contributed by atoms with Crippen molar-refractivity contribution in [3.8, 4) is 16.9 Å². The number of hydrogen-bond donors (Lipinski definition) is 3. The van der Waals surface area contributed by atoms with Gasteiger partial charge >= 0.3 is 5.57 Å². The molecule has 2 atom stereocenters. The highest BCUT2D eigenvalue weighted by Gasteiger charge is 2.45. The molecule has 7 heterocycles. The smallest absolute Gasteiger partial charge is 0.420 e. The molecule has 0 aliphatic carbocycles. The number of pyridine rings is 1. The number of imide groups is 2. The number of β-amino-alcohol motifs (C(OH)–C–C–N with tert-alkyl or cyclic N) is 1.